The number of nitrogens with two attached hydrogens (primary N) is 1. The van der Waals surface area contributed by atoms with Crippen LogP contribution in [0.5, 0.6) is 0 Å². The van der Waals surface area contributed by atoms with Crippen LogP contribution in [-0.2, 0) is 12.8 Å². The summed E-state index contributed by atoms with van der Waals surface area (Å²) in [5.74, 6) is -0.0221. The zero-order valence-corrected chi connectivity index (χ0v) is 11.3. The van der Waals surface area contributed by atoms with Crippen molar-refractivity contribution in [2.45, 2.75) is 26.2 Å². The molecule has 1 unspecified atom stereocenters. The average Bonchev–Trinajstić information content (AvgIpc) is 2.82. The van der Waals surface area contributed by atoms with E-state index in [1.54, 1.807) is 0 Å². The summed E-state index contributed by atoms with van der Waals surface area (Å²) in [6.45, 7) is 2.40. The SMILES string of the molecule is CC(CNC(=O)c1ccc2c(c1)CCC2)C(N)=S. The molecular formula is C14H18N2OS. The average molecular weight is 262 g/mol. The maximum Gasteiger partial charge on any atom is 0.251 e. The Morgan fingerprint density at radius 3 is 2.89 bits per heavy atom. The molecule has 4 heteroatoms. The van der Waals surface area contributed by atoms with Gasteiger partial charge in [0.05, 0.1) is 4.99 Å². The smallest absolute Gasteiger partial charge is 0.251 e. The van der Waals surface area contributed by atoms with E-state index in [1.165, 1.54) is 17.5 Å². The number of benzene rings is 1. The maximum absolute atomic E-state index is 12.0. The topological polar surface area (TPSA) is 55.1 Å². The first-order valence-electron chi connectivity index (χ1n) is 6.27. The Kier molecular flexibility index (Phi) is 3.97. The molecule has 0 heterocycles. The first-order chi connectivity index (χ1) is 8.58. The van der Waals surface area contributed by atoms with E-state index in [9.17, 15) is 4.79 Å². The lowest BCUT2D eigenvalue weighted by molar-refractivity contribution is 0.0951. The van der Waals surface area contributed by atoms with Crippen LogP contribution < -0.4 is 11.1 Å². The van der Waals surface area contributed by atoms with Crippen LogP contribution in [0.3, 0.4) is 0 Å². The van der Waals surface area contributed by atoms with Crippen LogP contribution in [-0.4, -0.2) is 17.4 Å². The van der Waals surface area contributed by atoms with Crippen LogP contribution >= 0.6 is 12.2 Å². The molecule has 0 aliphatic heterocycles. The number of hydrogen-bond donors (Lipinski definition) is 2. The quantitative estimate of drug-likeness (QED) is 0.814. The molecule has 1 aliphatic carbocycles. The minimum absolute atomic E-state index is 0.0263. The monoisotopic (exact) mass is 262 g/mol. The molecule has 0 radical (unpaired) electrons. The fraction of sp³-hybridized carbons (Fsp3) is 0.429. The highest BCUT2D eigenvalue weighted by Crippen LogP contribution is 2.22. The van der Waals surface area contributed by atoms with Crippen LogP contribution in [0.2, 0.25) is 0 Å². The molecule has 2 rings (SSSR count). The molecule has 0 spiro atoms. The number of thiocarbonyl (C=S) groups is 1. The number of amides is 1. The van der Waals surface area contributed by atoms with E-state index >= 15 is 0 Å². The molecule has 3 N–H and O–H groups in total. The summed E-state index contributed by atoms with van der Waals surface area (Å²) in [5.41, 5.74) is 8.93. The van der Waals surface area contributed by atoms with E-state index < -0.39 is 0 Å². The van der Waals surface area contributed by atoms with Crippen molar-refractivity contribution in [1.29, 1.82) is 0 Å². The van der Waals surface area contributed by atoms with Crippen molar-refractivity contribution in [3.05, 3.63) is 34.9 Å². The third-order valence-electron chi connectivity index (χ3n) is 3.42. The maximum atomic E-state index is 12.0. The second kappa shape index (κ2) is 5.48. The summed E-state index contributed by atoms with van der Waals surface area (Å²) >= 11 is 4.88. The van der Waals surface area contributed by atoms with Crippen LogP contribution in [0.4, 0.5) is 0 Å². The van der Waals surface area contributed by atoms with Crippen LogP contribution in [0.15, 0.2) is 18.2 Å². The fourth-order valence-electron chi connectivity index (χ4n) is 2.16. The number of nitrogens with one attached hydrogen (secondary N) is 1. The number of fused-ring (bicyclic) bond motifs is 1. The van der Waals surface area contributed by atoms with E-state index in [0.29, 0.717) is 11.5 Å². The van der Waals surface area contributed by atoms with Crippen molar-refractivity contribution < 1.29 is 4.79 Å². The van der Waals surface area contributed by atoms with Crippen LogP contribution in [0.25, 0.3) is 0 Å². The molecule has 0 saturated heterocycles. The van der Waals surface area contributed by atoms with Crippen molar-refractivity contribution in [3.63, 3.8) is 0 Å². The molecule has 96 valence electrons. The van der Waals surface area contributed by atoms with E-state index in [2.05, 4.69) is 11.4 Å². The predicted octanol–water partition coefficient (Wildman–Crippen LogP) is 1.83. The number of carbonyl (C=O) groups excluding carboxylic acids is 1. The normalized spacial score (nSPS) is 14.9. The fourth-order valence-corrected chi connectivity index (χ4v) is 2.24. The van der Waals surface area contributed by atoms with Gasteiger partial charge in [0.1, 0.15) is 0 Å². The van der Waals surface area contributed by atoms with Gasteiger partial charge in [-0.1, -0.05) is 25.2 Å². The van der Waals surface area contributed by atoms with E-state index in [4.69, 9.17) is 18.0 Å². The third-order valence-corrected chi connectivity index (χ3v) is 3.82. The molecule has 1 aromatic rings. The Hall–Kier alpha value is -1.42. The van der Waals surface area contributed by atoms with E-state index in [1.807, 2.05) is 19.1 Å². The molecule has 3 nitrogen and oxygen atoms in total. The molecule has 1 aliphatic rings. The summed E-state index contributed by atoms with van der Waals surface area (Å²) in [4.78, 5) is 12.4. The molecule has 18 heavy (non-hydrogen) atoms. The Labute approximate surface area is 113 Å². The molecule has 0 aromatic heterocycles. The lowest BCUT2D eigenvalue weighted by atomic mass is 10.1. The molecule has 1 aromatic carbocycles. The number of rotatable bonds is 4. The minimum atomic E-state index is -0.0483. The van der Waals surface area contributed by atoms with Crippen molar-refractivity contribution in [3.8, 4) is 0 Å². The highest BCUT2D eigenvalue weighted by atomic mass is 32.1. The van der Waals surface area contributed by atoms with Crippen molar-refractivity contribution in [2.24, 2.45) is 11.7 Å². The molecule has 1 amide bonds. The molecule has 0 bridgehead atoms. The molecule has 1 atom stereocenters. The largest absolute Gasteiger partial charge is 0.393 e. The van der Waals surface area contributed by atoms with Crippen LogP contribution in [0, 0.1) is 5.92 Å². The second-order valence-corrected chi connectivity index (χ2v) is 5.32. The van der Waals surface area contributed by atoms with Crippen molar-refractivity contribution >= 4 is 23.1 Å². The summed E-state index contributed by atoms with van der Waals surface area (Å²) in [6, 6.07) is 5.96. The lowest BCUT2D eigenvalue weighted by Gasteiger charge is -2.11. The Morgan fingerprint density at radius 2 is 2.17 bits per heavy atom. The Balaban J connectivity index is 1.99. The Bertz CT molecular complexity index is 485. The highest BCUT2D eigenvalue weighted by Gasteiger charge is 2.14. The van der Waals surface area contributed by atoms with Gasteiger partial charge < -0.3 is 11.1 Å². The van der Waals surface area contributed by atoms with E-state index in [0.717, 1.165) is 18.4 Å². The van der Waals surface area contributed by atoms with Gasteiger partial charge in [-0.3, -0.25) is 4.79 Å². The summed E-state index contributed by atoms with van der Waals surface area (Å²) in [6.07, 6.45) is 3.41. The minimum Gasteiger partial charge on any atom is -0.393 e. The zero-order valence-electron chi connectivity index (χ0n) is 10.5. The standard InChI is InChI=1S/C14H18N2OS/c1-9(13(15)18)8-16-14(17)12-6-5-10-3-2-4-11(10)7-12/h5-7,9H,2-4,8H2,1H3,(H2,15,18)(H,16,17). The second-order valence-electron chi connectivity index (χ2n) is 4.85. The highest BCUT2D eigenvalue weighted by molar-refractivity contribution is 7.80. The van der Waals surface area contributed by atoms with Crippen molar-refractivity contribution in [2.75, 3.05) is 6.54 Å². The Morgan fingerprint density at radius 1 is 1.44 bits per heavy atom. The van der Waals surface area contributed by atoms with Gasteiger partial charge in [0, 0.05) is 18.0 Å². The van der Waals surface area contributed by atoms with Gasteiger partial charge >= 0.3 is 0 Å². The van der Waals surface area contributed by atoms with Gasteiger partial charge in [-0.15, -0.1) is 0 Å². The molecule has 0 fully saturated rings. The first kappa shape index (κ1) is 13.0. The van der Waals surface area contributed by atoms with Gasteiger partial charge in [0.25, 0.3) is 5.91 Å². The number of hydrogen-bond acceptors (Lipinski definition) is 2. The lowest BCUT2D eigenvalue weighted by Crippen LogP contribution is -2.33. The first-order valence-corrected chi connectivity index (χ1v) is 6.68. The van der Waals surface area contributed by atoms with Gasteiger partial charge in [-0.2, -0.15) is 0 Å². The zero-order chi connectivity index (χ0) is 13.1. The van der Waals surface area contributed by atoms with Gasteiger partial charge in [-0.25, -0.2) is 0 Å². The molecular weight excluding hydrogens is 244 g/mol. The summed E-state index contributed by atoms with van der Waals surface area (Å²) in [7, 11) is 0. The van der Waals surface area contributed by atoms with Gasteiger partial charge in [0.2, 0.25) is 0 Å². The summed E-state index contributed by atoms with van der Waals surface area (Å²) in [5, 5.41) is 2.86. The van der Waals surface area contributed by atoms with Crippen LogP contribution in [0.1, 0.15) is 34.8 Å². The van der Waals surface area contributed by atoms with Gasteiger partial charge in [-0.05, 0) is 42.5 Å². The third kappa shape index (κ3) is 2.88. The predicted molar refractivity (Wildman–Crippen MR) is 76.7 cm³/mol. The number of aryl methyl sites for hydroxylation is 2. The van der Waals surface area contributed by atoms with E-state index in [-0.39, 0.29) is 11.8 Å². The molecule has 0 saturated carbocycles. The van der Waals surface area contributed by atoms with Crippen molar-refractivity contribution in [1.82, 2.24) is 5.32 Å². The number of carbonyl (C=O) groups is 1. The van der Waals surface area contributed by atoms with Gasteiger partial charge in [0.15, 0.2) is 0 Å². The summed E-state index contributed by atoms with van der Waals surface area (Å²) < 4.78 is 0.